The molecule has 0 unspecified atom stereocenters. The molecule has 0 saturated heterocycles. The average Bonchev–Trinajstić information content (AvgIpc) is 3.12. The Morgan fingerprint density at radius 3 is 2.47 bits per heavy atom. The summed E-state index contributed by atoms with van der Waals surface area (Å²) in [6.45, 7) is 2.92. The van der Waals surface area contributed by atoms with E-state index in [1.165, 1.54) is 25.7 Å². The van der Waals surface area contributed by atoms with E-state index in [1.54, 1.807) is 0 Å². The Labute approximate surface area is 107 Å². The van der Waals surface area contributed by atoms with Gasteiger partial charge < -0.3 is 5.32 Å². The van der Waals surface area contributed by atoms with Crippen molar-refractivity contribution in [1.82, 2.24) is 9.97 Å². The Morgan fingerprint density at radius 2 is 1.94 bits per heavy atom. The van der Waals surface area contributed by atoms with Crippen LogP contribution < -0.4 is 5.32 Å². The lowest BCUT2D eigenvalue weighted by Crippen LogP contribution is -2.19. The van der Waals surface area contributed by atoms with Crippen molar-refractivity contribution in [2.75, 3.05) is 11.9 Å². The number of aromatic nitrogens is 2. The number of hydrogen-bond donors (Lipinski definition) is 1. The van der Waals surface area contributed by atoms with Gasteiger partial charge in [0.2, 0.25) is 0 Å². The molecule has 4 heteroatoms. The largest absolute Gasteiger partial charge is 0.370 e. The van der Waals surface area contributed by atoms with Gasteiger partial charge in [-0.1, -0.05) is 11.6 Å². The van der Waals surface area contributed by atoms with E-state index in [2.05, 4.69) is 15.3 Å². The fourth-order valence-corrected chi connectivity index (χ4v) is 2.84. The zero-order chi connectivity index (χ0) is 11.8. The molecule has 2 aliphatic rings. The van der Waals surface area contributed by atoms with Crippen molar-refractivity contribution in [1.29, 1.82) is 0 Å². The van der Waals surface area contributed by atoms with Crippen LogP contribution >= 0.6 is 11.6 Å². The number of nitrogens with zero attached hydrogens (tertiary/aromatic N) is 2. The summed E-state index contributed by atoms with van der Waals surface area (Å²) in [7, 11) is 0. The predicted molar refractivity (Wildman–Crippen MR) is 69.2 cm³/mol. The van der Waals surface area contributed by atoms with Gasteiger partial charge in [-0.3, -0.25) is 0 Å². The summed E-state index contributed by atoms with van der Waals surface area (Å²) < 4.78 is 0. The van der Waals surface area contributed by atoms with Gasteiger partial charge in [-0.05, 0) is 50.4 Å². The van der Waals surface area contributed by atoms with Gasteiger partial charge >= 0.3 is 0 Å². The molecule has 0 radical (unpaired) electrons. The normalized spacial score (nSPS) is 19.7. The monoisotopic (exact) mass is 251 g/mol. The minimum absolute atomic E-state index is 0.523. The first-order valence-electron chi connectivity index (χ1n) is 6.47. The fourth-order valence-electron chi connectivity index (χ4n) is 2.61. The molecule has 1 aromatic heterocycles. The summed E-state index contributed by atoms with van der Waals surface area (Å²) >= 11 is 5.92. The van der Waals surface area contributed by atoms with Crippen molar-refractivity contribution >= 4 is 17.4 Å². The highest BCUT2D eigenvalue weighted by Gasteiger charge is 2.41. The van der Waals surface area contributed by atoms with E-state index in [9.17, 15) is 0 Å². The van der Waals surface area contributed by atoms with Crippen LogP contribution in [0.1, 0.15) is 31.5 Å². The summed E-state index contributed by atoms with van der Waals surface area (Å²) in [5.74, 6) is 4.38. The molecular formula is C13H18ClN3. The zero-order valence-corrected chi connectivity index (χ0v) is 10.9. The second kappa shape index (κ2) is 4.45. The molecule has 17 heavy (non-hydrogen) atoms. The quantitative estimate of drug-likeness (QED) is 0.816. The molecule has 0 atom stereocenters. The van der Waals surface area contributed by atoms with E-state index in [4.69, 9.17) is 11.6 Å². The standard InChI is InChI=1S/C13H18ClN3/c1-8-16-12(14)6-13(17-8)15-7-11(9-2-3-9)10-4-5-10/h6,9-11H,2-5,7H2,1H3,(H,15,16,17). The van der Waals surface area contributed by atoms with Crippen LogP contribution in [0.15, 0.2) is 6.07 Å². The highest BCUT2D eigenvalue weighted by atomic mass is 35.5. The van der Waals surface area contributed by atoms with Crippen molar-refractivity contribution in [3.05, 3.63) is 17.0 Å². The lowest BCUT2D eigenvalue weighted by Gasteiger charge is -2.16. The van der Waals surface area contributed by atoms with Gasteiger partial charge in [0.1, 0.15) is 16.8 Å². The molecule has 1 N–H and O–H groups in total. The Morgan fingerprint density at radius 1 is 1.29 bits per heavy atom. The van der Waals surface area contributed by atoms with Crippen LogP contribution in [0.25, 0.3) is 0 Å². The van der Waals surface area contributed by atoms with Crippen LogP contribution in [0, 0.1) is 24.7 Å². The first-order valence-corrected chi connectivity index (χ1v) is 6.85. The van der Waals surface area contributed by atoms with Crippen LogP contribution in [-0.2, 0) is 0 Å². The fraction of sp³-hybridized carbons (Fsp3) is 0.692. The summed E-state index contributed by atoms with van der Waals surface area (Å²) in [6, 6.07) is 1.81. The maximum Gasteiger partial charge on any atom is 0.134 e. The maximum absolute atomic E-state index is 5.92. The van der Waals surface area contributed by atoms with E-state index >= 15 is 0 Å². The lowest BCUT2D eigenvalue weighted by atomic mass is 9.98. The van der Waals surface area contributed by atoms with E-state index in [1.807, 2.05) is 13.0 Å². The van der Waals surface area contributed by atoms with Gasteiger partial charge in [0.15, 0.2) is 0 Å². The Hall–Kier alpha value is -0.830. The number of halogens is 1. The van der Waals surface area contributed by atoms with Gasteiger partial charge in [0.25, 0.3) is 0 Å². The Bertz CT molecular complexity index is 381. The summed E-state index contributed by atoms with van der Waals surface area (Å²) in [5.41, 5.74) is 0. The minimum atomic E-state index is 0.523. The smallest absolute Gasteiger partial charge is 0.134 e. The third kappa shape index (κ3) is 2.89. The predicted octanol–water partition coefficient (Wildman–Crippen LogP) is 3.29. The molecule has 0 spiro atoms. The van der Waals surface area contributed by atoms with Gasteiger partial charge in [0, 0.05) is 12.6 Å². The third-order valence-electron chi connectivity index (χ3n) is 3.78. The van der Waals surface area contributed by atoms with Gasteiger partial charge in [0.05, 0.1) is 0 Å². The molecule has 92 valence electrons. The third-order valence-corrected chi connectivity index (χ3v) is 3.97. The molecular weight excluding hydrogens is 234 g/mol. The Balaban J connectivity index is 1.61. The van der Waals surface area contributed by atoms with Crippen molar-refractivity contribution < 1.29 is 0 Å². The van der Waals surface area contributed by atoms with Crippen LogP contribution in [-0.4, -0.2) is 16.5 Å². The molecule has 0 bridgehead atoms. The van der Waals surface area contributed by atoms with Crippen LogP contribution in [0.2, 0.25) is 5.15 Å². The first kappa shape index (κ1) is 11.3. The topological polar surface area (TPSA) is 37.8 Å². The van der Waals surface area contributed by atoms with E-state index < -0.39 is 0 Å². The molecule has 2 fully saturated rings. The number of nitrogens with one attached hydrogen (secondary N) is 1. The molecule has 0 aliphatic heterocycles. The summed E-state index contributed by atoms with van der Waals surface area (Å²) in [5, 5.41) is 3.96. The van der Waals surface area contributed by atoms with E-state index in [-0.39, 0.29) is 0 Å². The van der Waals surface area contributed by atoms with E-state index in [0.29, 0.717) is 5.15 Å². The summed E-state index contributed by atoms with van der Waals surface area (Å²) in [4.78, 5) is 8.43. The maximum atomic E-state index is 5.92. The molecule has 2 saturated carbocycles. The highest BCUT2D eigenvalue weighted by molar-refractivity contribution is 6.29. The zero-order valence-electron chi connectivity index (χ0n) is 10.1. The van der Waals surface area contributed by atoms with Gasteiger partial charge in [-0.15, -0.1) is 0 Å². The van der Waals surface area contributed by atoms with Crippen molar-refractivity contribution in [2.24, 2.45) is 17.8 Å². The van der Waals surface area contributed by atoms with Crippen LogP contribution in [0.3, 0.4) is 0 Å². The number of rotatable bonds is 5. The molecule has 3 rings (SSSR count). The highest BCUT2D eigenvalue weighted by Crippen LogP contribution is 2.49. The van der Waals surface area contributed by atoms with Gasteiger partial charge in [-0.25, -0.2) is 9.97 Å². The first-order chi connectivity index (χ1) is 8.22. The average molecular weight is 252 g/mol. The SMILES string of the molecule is Cc1nc(Cl)cc(NCC(C2CC2)C2CC2)n1. The number of anilines is 1. The molecule has 2 aliphatic carbocycles. The van der Waals surface area contributed by atoms with Gasteiger partial charge in [-0.2, -0.15) is 0 Å². The second-order valence-corrected chi connectivity index (χ2v) is 5.73. The molecule has 3 nitrogen and oxygen atoms in total. The Kier molecular flexibility index (Phi) is 2.95. The minimum Gasteiger partial charge on any atom is -0.370 e. The molecule has 1 heterocycles. The second-order valence-electron chi connectivity index (χ2n) is 5.34. The van der Waals surface area contributed by atoms with Crippen LogP contribution in [0.5, 0.6) is 0 Å². The molecule has 0 aromatic carbocycles. The molecule has 1 aromatic rings. The lowest BCUT2D eigenvalue weighted by molar-refractivity contribution is 0.427. The summed E-state index contributed by atoms with van der Waals surface area (Å²) in [6.07, 6.45) is 5.69. The van der Waals surface area contributed by atoms with Crippen molar-refractivity contribution in [2.45, 2.75) is 32.6 Å². The van der Waals surface area contributed by atoms with Crippen molar-refractivity contribution in [3.63, 3.8) is 0 Å². The number of hydrogen-bond acceptors (Lipinski definition) is 3. The number of aryl methyl sites for hydroxylation is 1. The van der Waals surface area contributed by atoms with Crippen molar-refractivity contribution in [3.8, 4) is 0 Å². The van der Waals surface area contributed by atoms with E-state index in [0.717, 1.165) is 35.9 Å². The molecule has 0 amide bonds. The van der Waals surface area contributed by atoms with Crippen LogP contribution in [0.4, 0.5) is 5.82 Å².